The van der Waals surface area contributed by atoms with Crippen LogP contribution in [-0.2, 0) is 20.9 Å². The topological polar surface area (TPSA) is 90.7 Å². The number of benzene rings is 1. The van der Waals surface area contributed by atoms with E-state index >= 15 is 0 Å². The molecule has 146 valence electrons. The first-order valence-electron chi connectivity index (χ1n) is 9.18. The third-order valence-corrected chi connectivity index (χ3v) is 5.29. The fourth-order valence-corrected chi connectivity index (χ4v) is 3.72. The molecule has 7 nitrogen and oxygen atoms in total. The number of hydrogen-bond donors (Lipinski definition) is 1. The monoisotopic (exact) mass is 382 g/mol. The van der Waals surface area contributed by atoms with Gasteiger partial charge in [0.05, 0.1) is 22.5 Å². The highest BCUT2D eigenvalue weighted by molar-refractivity contribution is 5.99. The molecule has 1 atom stereocenters. The van der Waals surface area contributed by atoms with E-state index in [-0.39, 0.29) is 24.2 Å². The number of esters is 1. The summed E-state index contributed by atoms with van der Waals surface area (Å²) in [6.07, 6.45) is 0.212. The Kier molecular flexibility index (Phi) is 4.25. The van der Waals surface area contributed by atoms with E-state index in [1.165, 1.54) is 0 Å². The summed E-state index contributed by atoms with van der Waals surface area (Å²) in [6, 6.07) is 7.45. The minimum absolute atomic E-state index is 0.117. The highest BCUT2D eigenvalue weighted by Gasteiger charge is 2.47. The Balaban J connectivity index is 1.56. The summed E-state index contributed by atoms with van der Waals surface area (Å²) < 4.78 is 16.4. The fourth-order valence-electron chi connectivity index (χ4n) is 3.72. The Bertz CT molecular complexity index is 965. The number of amides is 1. The van der Waals surface area contributed by atoms with E-state index in [1.54, 1.807) is 13.8 Å². The molecule has 1 aromatic carbocycles. The van der Waals surface area contributed by atoms with Gasteiger partial charge in [-0.05, 0) is 45.4 Å². The van der Waals surface area contributed by atoms with Gasteiger partial charge in [-0.3, -0.25) is 4.79 Å². The molecule has 0 aliphatic carbocycles. The van der Waals surface area contributed by atoms with Crippen LogP contribution in [-0.4, -0.2) is 22.6 Å². The van der Waals surface area contributed by atoms with Crippen molar-refractivity contribution in [2.45, 2.75) is 52.2 Å². The van der Waals surface area contributed by atoms with Crippen LogP contribution in [0, 0.1) is 13.8 Å². The van der Waals surface area contributed by atoms with Crippen molar-refractivity contribution in [3.05, 3.63) is 58.1 Å². The van der Waals surface area contributed by atoms with Gasteiger partial charge in [0.25, 0.3) is 0 Å². The molecule has 1 aromatic heterocycles. The zero-order chi connectivity index (χ0) is 20.1. The number of cyclic esters (lactones) is 1. The smallest absolute Gasteiger partial charge is 0.337 e. The number of aromatic nitrogens is 1. The van der Waals surface area contributed by atoms with E-state index in [0.717, 1.165) is 22.6 Å². The second-order valence-corrected chi connectivity index (χ2v) is 7.65. The lowest BCUT2D eigenvalue weighted by Crippen LogP contribution is -2.38. The molecular weight excluding hydrogens is 360 g/mol. The zero-order valence-corrected chi connectivity index (χ0v) is 16.3. The molecule has 0 saturated heterocycles. The van der Waals surface area contributed by atoms with Gasteiger partial charge in [-0.1, -0.05) is 17.3 Å². The molecule has 1 N–H and O–H groups in total. The largest absolute Gasteiger partial charge is 0.489 e. The normalized spacial score (nSPS) is 20.6. The van der Waals surface area contributed by atoms with E-state index in [4.69, 9.17) is 14.0 Å². The number of nitrogens with zero attached hydrogens (tertiary/aromatic N) is 1. The summed E-state index contributed by atoms with van der Waals surface area (Å²) in [7, 11) is 0. The molecule has 4 rings (SSSR count). The third-order valence-electron chi connectivity index (χ3n) is 5.29. The van der Waals surface area contributed by atoms with E-state index < -0.39 is 5.60 Å². The molecule has 0 radical (unpaired) electrons. The van der Waals surface area contributed by atoms with Gasteiger partial charge in [0.1, 0.15) is 23.7 Å². The molecule has 0 unspecified atom stereocenters. The van der Waals surface area contributed by atoms with Gasteiger partial charge in [-0.15, -0.1) is 0 Å². The van der Waals surface area contributed by atoms with Crippen molar-refractivity contribution in [2.75, 3.05) is 0 Å². The van der Waals surface area contributed by atoms with Crippen LogP contribution in [0.1, 0.15) is 48.8 Å². The van der Waals surface area contributed by atoms with Crippen molar-refractivity contribution in [1.82, 2.24) is 10.5 Å². The molecule has 1 amide bonds. The number of carbonyl (C=O) groups is 2. The Hall–Kier alpha value is -3.09. The van der Waals surface area contributed by atoms with Crippen LogP contribution in [0.15, 0.2) is 40.1 Å². The summed E-state index contributed by atoms with van der Waals surface area (Å²) >= 11 is 0. The van der Waals surface area contributed by atoms with Gasteiger partial charge < -0.3 is 19.3 Å². The Morgan fingerprint density at radius 2 is 1.93 bits per heavy atom. The third kappa shape index (κ3) is 3.06. The number of rotatable bonds is 4. The maximum absolute atomic E-state index is 12.4. The zero-order valence-electron chi connectivity index (χ0n) is 16.3. The summed E-state index contributed by atoms with van der Waals surface area (Å²) in [5, 5.41) is 6.73. The van der Waals surface area contributed by atoms with Gasteiger partial charge >= 0.3 is 5.97 Å². The molecule has 2 aromatic rings. The summed E-state index contributed by atoms with van der Waals surface area (Å²) in [5.41, 5.74) is 2.90. The SMILES string of the molecule is Cc1noc(C)c1COc1ccc([C@H]2CC(=O)NC3=C2C(=O)OC3(C)C)cc1. The van der Waals surface area contributed by atoms with Crippen molar-refractivity contribution >= 4 is 11.9 Å². The molecule has 3 heterocycles. The second kappa shape index (κ2) is 6.51. The van der Waals surface area contributed by atoms with Crippen molar-refractivity contribution < 1.29 is 23.6 Å². The van der Waals surface area contributed by atoms with Gasteiger partial charge in [0.15, 0.2) is 0 Å². The van der Waals surface area contributed by atoms with E-state index in [0.29, 0.717) is 23.6 Å². The van der Waals surface area contributed by atoms with Gasteiger partial charge in [0.2, 0.25) is 5.91 Å². The lowest BCUT2D eigenvalue weighted by Gasteiger charge is -2.27. The fraction of sp³-hybridized carbons (Fsp3) is 0.381. The number of hydrogen-bond acceptors (Lipinski definition) is 6. The summed E-state index contributed by atoms with van der Waals surface area (Å²) in [5.74, 6) is 0.615. The van der Waals surface area contributed by atoms with Crippen LogP contribution in [0.2, 0.25) is 0 Å². The number of nitrogens with one attached hydrogen (secondary N) is 1. The lowest BCUT2D eigenvalue weighted by molar-refractivity contribution is -0.144. The van der Waals surface area contributed by atoms with Gasteiger partial charge in [-0.25, -0.2) is 4.79 Å². The van der Waals surface area contributed by atoms with Crippen LogP contribution in [0.3, 0.4) is 0 Å². The average Bonchev–Trinajstić information content (AvgIpc) is 3.08. The summed E-state index contributed by atoms with van der Waals surface area (Å²) in [6.45, 7) is 7.65. The molecule has 28 heavy (non-hydrogen) atoms. The first-order chi connectivity index (χ1) is 13.3. The molecule has 0 spiro atoms. The van der Waals surface area contributed by atoms with E-state index in [1.807, 2.05) is 38.1 Å². The highest BCUT2D eigenvalue weighted by atomic mass is 16.6. The molecule has 0 bridgehead atoms. The van der Waals surface area contributed by atoms with Gasteiger partial charge in [-0.2, -0.15) is 0 Å². The first kappa shape index (κ1) is 18.3. The lowest BCUT2D eigenvalue weighted by atomic mass is 9.83. The maximum atomic E-state index is 12.4. The van der Waals surface area contributed by atoms with E-state index in [9.17, 15) is 9.59 Å². The number of ether oxygens (including phenoxy) is 2. The molecule has 2 aliphatic rings. The maximum Gasteiger partial charge on any atom is 0.337 e. The predicted molar refractivity (Wildman–Crippen MR) is 99.4 cm³/mol. The van der Waals surface area contributed by atoms with Crippen molar-refractivity contribution in [3.8, 4) is 5.75 Å². The Morgan fingerprint density at radius 3 is 2.57 bits per heavy atom. The number of carbonyl (C=O) groups excluding carboxylic acids is 2. The van der Waals surface area contributed by atoms with Crippen LogP contribution < -0.4 is 10.1 Å². The Morgan fingerprint density at radius 1 is 1.21 bits per heavy atom. The highest BCUT2D eigenvalue weighted by Crippen LogP contribution is 2.42. The first-order valence-corrected chi connectivity index (χ1v) is 9.18. The minimum atomic E-state index is -0.821. The quantitative estimate of drug-likeness (QED) is 0.818. The summed E-state index contributed by atoms with van der Waals surface area (Å²) in [4.78, 5) is 24.6. The molecule has 7 heteroatoms. The minimum Gasteiger partial charge on any atom is -0.489 e. The van der Waals surface area contributed by atoms with Crippen LogP contribution in [0.5, 0.6) is 5.75 Å². The van der Waals surface area contributed by atoms with Gasteiger partial charge in [0, 0.05) is 12.3 Å². The predicted octanol–water partition coefficient (Wildman–Crippen LogP) is 3.06. The molecule has 0 fully saturated rings. The second-order valence-electron chi connectivity index (χ2n) is 7.65. The molecule has 2 aliphatic heterocycles. The number of aryl methyl sites for hydroxylation is 2. The van der Waals surface area contributed by atoms with Crippen LogP contribution >= 0.6 is 0 Å². The van der Waals surface area contributed by atoms with Crippen LogP contribution in [0.4, 0.5) is 0 Å². The van der Waals surface area contributed by atoms with E-state index in [2.05, 4.69) is 10.5 Å². The average molecular weight is 382 g/mol. The molecule has 0 saturated carbocycles. The van der Waals surface area contributed by atoms with Crippen molar-refractivity contribution in [1.29, 1.82) is 0 Å². The molecular formula is C21H22N2O5. The standard InChI is InChI=1S/C21H22N2O5/c1-11-16(12(2)28-23-11)10-26-14-7-5-13(6-8-14)15-9-17(24)22-19-18(15)20(25)27-21(19,3)4/h5-8,15H,9-10H2,1-4H3,(H,22,24)/t15-/m1/s1. The van der Waals surface area contributed by atoms with Crippen molar-refractivity contribution in [3.63, 3.8) is 0 Å². The van der Waals surface area contributed by atoms with Crippen molar-refractivity contribution in [2.24, 2.45) is 0 Å². The Labute approximate surface area is 162 Å². The van der Waals surface area contributed by atoms with Crippen LogP contribution in [0.25, 0.3) is 0 Å².